The summed E-state index contributed by atoms with van der Waals surface area (Å²) in [5.74, 6) is 0.992. The van der Waals surface area contributed by atoms with E-state index in [-0.39, 0.29) is 6.61 Å². The molecule has 6 nitrogen and oxygen atoms in total. The lowest BCUT2D eigenvalue weighted by Gasteiger charge is -2.33. The van der Waals surface area contributed by atoms with Crippen molar-refractivity contribution in [3.8, 4) is 0 Å². The van der Waals surface area contributed by atoms with Crippen LogP contribution in [0.1, 0.15) is 25.7 Å². The fourth-order valence-corrected chi connectivity index (χ4v) is 4.57. The summed E-state index contributed by atoms with van der Waals surface area (Å²) in [4.78, 5) is 9.80. The highest BCUT2D eigenvalue weighted by atomic mass is 35.5. The van der Waals surface area contributed by atoms with E-state index in [4.69, 9.17) is 68.2 Å². The van der Waals surface area contributed by atoms with Crippen molar-refractivity contribution in [1.82, 2.24) is 15.3 Å². The maximum Gasteiger partial charge on any atom is 0.0838 e. The smallest absolute Gasteiger partial charge is 0.0838 e. The molecule has 0 aromatic carbocycles. The third kappa shape index (κ3) is 9.54. The number of hydrogen-bond acceptors (Lipinski definition) is 6. The first-order valence-electron chi connectivity index (χ1n) is 10.8. The van der Waals surface area contributed by atoms with Crippen LogP contribution in [0.5, 0.6) is 0 Å². The van der Waals surface area contributed by atoms with Gasteiger partial charge in [-0.05, 0) is 50.6 Å². The highest BCUT2D eigenvalue weighted by Crippen LogP contribution is 2.34. The van der Waals surface area contributed by atoms with Gasteiger partial charge in [-0.15, -0.1) is 0 Å². The van der Waals surface area contributed by atoms with E-state index in [1.807, 2.05) is 0 Å². The number of nitrogens with one attached hydrogen (secondary N) is 1. The van der Waals surface area contributed by atoms with E-state index in [9.17, 15) is 0 Å². The zero-order chi connectivity index (χ0) is 24.2. The molecule has 3 N–H and O–H groups in total. The van der Waals surface area contributed by atoms with Gasteiger partial charge in [0.15, 0.2) is 0 Å². The van der Waals surface area contributed by atoms with Crippen molar-refractivity contribution in [2.75, 3.05) is 44.3 Å². The van der Waals surface area contributed by atoms with E-state index in [1.54, 1.807) is 12.4 Å². The highest BCUT2D eigenvalue weighted by Gasteiger charge is 2.22. The molecule has 184 valence electrons. The monoisotopic (exact) mass is 556 g/mol. The summed E-state index contributed by atoms with van der Waals surface area (Å²) in [6, 6.07) is 0. The molecule has 0 unspecified atom stereocenters. The molecule has 0 bridgehead atoms. The van der Waals surface area contributed by atoms with E-state index in [0.29, 0.717) is 43.6 Å². The Kier molecular flexibility index (Phi) is 13.4. The molecular formula is C22H29Cl5N4O2. The molecule has 4 heterocycles. The highest BCUT2D eigenvalue weighted by molar-refractivity contribution is 6.47. The molecule has 0 radical (unpaired) electrons. The predicted molar refractivity (Wildman–Crippen MR) is 138 cm³/mol. The predicted octanol–water partition coefficient (Wildman–Crippen LogP) is 5.62. The Morgan fingerprint density at radius 3 is 1.55 bits per heavy atom. The first-order valence-corrected chi connectivity index (χ1v) is 12.7. The van der Waals surface area contributed by atoms with Gasteiger partial charge in [0.2, 0.25) is 0 Å². The molecule has 0 spiro atoms. The largest absolute Gasteiger partial charge is 0.396 e. The number of halogens is 5. The Bertz CT molecular complexity index is 807. The Morgan fingerprint density at radius 1 is 0.727 bits per heavy atom. The third-order valence-electron chi connectivity index (χ3n) is 5.53. The fraction of sp³-hybridized carbons (Fsp3) is 0.545. The van der Waals surface area contributed by atoms with Gasteiger partial charge in [0.1, 0.15) is 0 Å². The lowest BCUT2D eigenvalue weighted by atomic mass is 9.97. The van der Waals surface area contributed by atoms with Crippen LogP contribution in [0, 0.1) is 11.8 Å². The normalized spacial score (nSPS) is 17.0. The van der Waals surface area contributed by atoms with Gasteiger partial charge in [-0.3, -0.25) is 9.97 Å². The van der Waals surface area contributed by atoms with Crippen LogP contribution < -0.4 is 10.2 Å². The minimum Gasteiger partial charge on any atom is -0.396 e. The van der Waals surface area contributed by atoms with Gasteiger partial charge in [0.25, 0.3) is 0 Å². The average Bonchev–Trinajstić information content (AvgIpc) is 2.84. The average molecular weight is 559 g/mol. The molecule has 2 saturated heterocycles. The van der Waals surface area contributed by atoms with Crippen LogP contribution in [0.4, 0.5) is 5.69 Å². The van der Waals surface area contributed by atoms with Gasteiger partial charge in [-0.2, -0.15) is 0 Å². The molecule has 0 aliphatic carbocycles. The number of pyridine rings is 2. The topological polar surface area (TPSA) is 81.5 Å². The van der Waals surface area contributed by atoms with E-state index < -0.39 is 0 Å². The van der Waals surface area contributed by atoms with Gasteiger partial charge in [0, 0.05) is 51.1 Å². The first-order chi connectivity index (χ1) is 15.9. The summed E-state index contributed by atoms with van der Waals surface area (Å²) in [7, 11) is 0. The minimum atomic E-state index is 0.269. The summed E-state index contributed by atoms with van der Waals surface area (Å²) in [6.07, 6.45) is 10.4. The lowest BCUT2D eigenvalue weighted by molar-refractivity contribution is 0.196. The maximum atomic E-state index is 9.08. The summed E-state index contributed by atoms with van der Waals surface area (Å²) in [5.41, 5.74) is 0.870. The van der Waals surface area contributed by atoms with E-state index in [0.717, 1.165) is 57.5 Å². The minimum absolute atomic E-state index is 0.269. The number of piperidine rings is 2. The zero-order valence-corrected chi connectivity index (χ0v) is 21.9. The van der Waals surface area contributed by atoms with Crippen LogP contribution in [0.3, 0.4) is 0 Å². The Balaban J connectivity index is 0.000000192. The van der Waals surface area contributed by atoms with Crippen molar-refractivity contribution in [2.45, 2.75) is 25.7 Å². The summed E-state index contributed by atoms with van der Waals surface area (Å²) < 4.78 is 0. The molecule has 0 amide bonds. The van der Waals surface area contributed by atoms with E-state index >= 15 is 0 Å². The van der Waals surface area contributed by atoms with Crippen LogP contribution in [0.25, 0.3) is 0 Å². The summed E-state index contributed by atoms with van der Waals surface area (Å²) >= 11 is 28.8. The standard InChI is InChI=1S/C11H14Cl2N2O.C6H13NO.C5H2Cl3N/c12-9-5-14-6-10(13)11(9)15-3-1-8(7-16)2-4-15;8-5-6-1-3-7-4-2-6;6-3-1-9-2-4(7)5(3)8/h5-6,8,16H,1-4,7H2;6-8H,1-5H2;1-2H. The van der Waals surface area contributed by atoms with Crippen LogP contribution in [-0.4, -0.2) is 59.6 Å². The van der Waals surface area contributed by atoms with Crippen LogP contribution in [0.2, 0.25) is 25.1 Å². The van der Waals surface area contributed by atoms with Gasteiger partial charge in [0.05, 0.1) is 30.8 Å². The molecule has 2 aromatic heterocycles. The van der Waals surface area contributed by atoms with Crippen molar-refractivity contribution in [3.63, 3.8) is 0 Å². The molecule has 0 saturated carbocycles. The second kappa shape index (κ2) is 15.4. The maximum absolute atomic E-state index is 9.08. The number of anilines is 1. The second-order valence-corrected chi connectivity index (χ2v) is 9.86. The number of aliphatic hydroxyl groups is 2. The number of aromatic nitrogens is 2. The summed E-state index contributed by atoms with van der Waals surface area (Å²) in [6.45, 7) is 4.59. The van der Waals surface area contributed by atoms with Gasteiger partial charge in [-0.1, -0.05) is 58.0 Å². The number of rotatable bonds is 3. The van der Waals surface area contributed by atoms with Gasteiger partial charge >= 0.3 is 0 Å². The molecular weight excluding hydrogens is 530 g/mol. The van der Waals surface area contributed by atoms with Crippen LogP contribution in [0.15, 0.2) is 24.8 Å². The molecule has 0 atom stereocenters. The molecule has 2 aliphatic heterocycles. The SMILES string of the molecule is Clc1cncc(Cl)c1Cl.OCC1CCN(c2c(Cl)cncc2Cl)CC1.OCC1CCNCC1. The molecule has 2 aliphatic rings. The van der Waals surface area contributed by atoms with Crippen molar-refractivity contribution in [3.05, 3.63) is 49.9 Å². The van der Waals surface area contributed by atoms with Crippen molar-refractivity contribution in [1.29, 1.82) is 0 Å². The Labute approximate surface area is 220 Å². The van der Waals surface area contributed by atoms with Crippen LogP contribution in [-0.2, 0) is 0 Å². The van der Waals surface area contributed by atoms with E-state index in [1.165, 1.54) is 12.4 Å². The number of aliphatic hydroxyl groups excluding tert-OH is 2. The van der Waals surface area contributed by atoms with Crippen molar-refractivity contribution >= 4 is 63.7 Å². The molecule has 2 aromatic rings. The summed E-state index contributed by atoms with van der Waals surface area (Å²) in [5, 5.41) is 23.3. The Hall–Kier alpha value is -0.570. The number of hydrogen-bond donors (Lipinski definition) is 3. The quantitative estimate of drug-likeness (QED) is 0.454. The third-order valence-corrected chi connectivity index (χ3v) is 7.26. The molecule has 2 fully saturated rings. The number of nitrogens with zero attached hydrogens (tertiary/aromatic N) is 3. The molecule has 33 heavy (non-hydrogen) atoms. The lowest BCUT2D eigenvalue weighted by Crippen LogP contribution is -2.35. The first kappa shape index (κ1) is 28.7. The van der Waals surface area contributed by atoms with Crippen molar-refractivity contribution < 1.29 is 10.2 Å². The van der Waals surface area contributed by atoms with Gasteiger partial charge < -0.3 is 20.4 Å². The molecule has 4 rings (SSSR count). The second-order valence-electron chi connectivity index (χ2n) is 7.86. The molecule has 11 heteroatoms. The van der Waals surface area contributed by atoms with Gasteiger partial charge in [-0.25, -0.2) is 0 Å². The fourth-order valence-electron chi connectivity index (χ4n) is 3.51. The van der Waals surface area contributed by atoms with E-state index in [2.05, 4.69) is 20.2 Å². The zero-order valence-electron chi connectivity index (χ0n) is 18.2. The van der Waals surface area contributed by atoms with Crippen LogP contribution >= 0.6 is 58.0 Å². The van der Waals surface area contributed by atoms with Crippen molar-refractivity contribution in [2.24, 2.45) is 11.8 Å². The Morgan fingerprint density at radius 2 is 1.15 bits per heavy atom.